The van der Waals surface area contributed by atoms with Gasteiger partial charge in [-0.15, -0.1) is 11.3 Å². The average molecular weight is 293 g/mol. The Morgan fingerprint density at radius 1 is 1.35 bits per heavy atom. The number of benzene rings is 1. The summed E-state index contributed by atoms with van der Waals surface area (Å²) >= 11 is 1.73. The van der Waals surface area contributed by atoms with Crippen molar-refractivity contribution in [2.45, 2.75) is 26.2 Å². The van der Waals surface area contributed by atoms with E-state index in [0.717, 1.165) is 12.0 Å². The van der Waals surface area contributed by atoms with Crippen LogP contribution in [-0.4, -0.2) is 13.2 Å². The van der Waals surface area contributed by atoms with Crippen molar-refractivity contribution in [2.75, 3.05) is 13.2 Å². The van der Waals surface area contributed by atoms with Gasteiger partial charge in [0.05, 0.1) is 6.61 Å². The van der Waals surface area contributed by atoms with Crippen LogP contribution >= 0.6 is 11.3 Å². The maximum atomic E-state index is 13.9. The lowest BCUT2D eigenvalue weighted by Crippen LogP contribution is -2.15. The first kappa shape index (κ1) is 15.0. The molecule has 0 saturated heterocycles. The Labute approximate surface area is 123 Å². The topological polar surface area (TPSA) is 35.2 Å². The van der Waals surface area contributed by atoms with E-state index in [9.17, 15) is 4.39 Å². The Hall–Kier alpha value is -1.39. The lowest BCUT2D eigenvalue weighted by Gasteiger charge is -2.16. The quantitative estimate of drug-likeness (QED) is 0.877. The van der Waals surface area contributed by atoms with Crippen LogP contribution in [0, 0.1) is 12.7 Å². The van der Waals surface area contributed by atoms with E-state index in [-0.39, 0.29) is 11.7 Å². The predicted octanol–water partition coefficient (Wildman–Crippen LogP) is 3.88. The van der Waals surface area contributed by atoms with Gasteiger partial charge in [-0.2, -0.15) is 0 Å². The highest BCUT2D eigenvalue weighted by Gasteiger charge is 2.15. The molecule has 1 unspecified atom stereocenters. The van der Waals surface area contributed by atoms with Gasteiger partial charge in [-0.3, -0.25) is 0 Å². The first-order valence-corrected chi connectivity index (χ1v) is 7.69. The van der Waals surface area contributed by atoms with Crippen LogP contribution in [0.5, 0.6) is 5.75 Å². The summed E-state index contributed by atoms with van der Waals surface area (Å²) in [4.78, 5) is 1.31. The molecule has 0 aliphatic heterocycles. The summed E-state index contributed by atoms with van der Waals surface area (Å²) in [6.07, 6.45) is 0.855. The normalized spacial score (nSPS) is 12.4. The molecule has 0 aliphatic carbocycles. The van der Waals surface area contributed by atoms with E-state index < -0.39 is 0 Å². The number of rotatable bonds is 6. The van der Waals surface area contributed by atoms with Crippen LogP contribution in [0.3, 0.4) is 0 Å². The highest BCUT2D eigenvalue weighted by atomic mass is 32.1. The van der Waals surface area contributed by atoms with E-state index in [1.165, 1.54) is 10.4 Å². The largest absolute Gasteiger partial charge is 0.491 e. The highest BCUT2D eigenvalue weighted by molar-refractivity contribution is 7.10. The fourth-order valence-corrected chi connectivity index (χ4v) is 3.21. The molecule has 0 fully saturated rings. The summed E-state index contributed by atoms with van der Waals surface area (Å²) < 4.78 is 19.2. The number of halogens is 1. The standard InChI is InChI=1S/C16H20FNOS/c1-3-19-15-5-4-12(8-14(15)17)13(10-18)9-16-11(2)6-7-20-16/h4-8,13H,3,9-10,18H2,1-2H3. The Morgan fingerprint density at radius 2 is 2.15 bits per heavy atom. The number of aryl methyl sites for hydroxylation is 1. The summed E-state index contributed by atoms with van der Waals surface area (Å²) in [5.74, 6) is 0.127. The Kier molecular flexibility index (Phi) is 5.15. The third-order valence-corrected chi connectivity index (χ3v) is 4.46. The van der Waals surface area contributed by atoms with Crippen LogP contribution in [0.2, 0.25) is 0 Å². The van der Waals surface area contributed by atoms with Crippen molar-refractivity contribution in [1.82, 2.24) is 0 Å². The maximum Gasteiger partial charge on any atom is 0.165 e. The summed E-state index contributed by atoms with van der Waals surface area (Å²) in [5, 5.41) is 2.08. The number of hydrogen-bond acceptors (Lipinski definition) is 3. The first-order valence-electron chi connectivity index (χ1n) is 6.81. The van der Waals surface area contributed by atoms with Crippen LogP contribution in [0.15, 0.2) is 29.6 Å². The van der Waals surface area contributed by atoms with Crippen molar-refractivity contribution in [3.63, 3.8) is 0 Å². The third kappa shape index (κ3) is 3.38. The van der Waals surface area contributed by atoms with E-state index in [1.54, 1.807) is 23.5 Å². The van der Waals surface area contributed by atoms with E-state index >= 15 is 0 Å². The fraction of sp³-hybridized carbons (Fsp3) is 0.375. The summed E-state index contributed by atoms with van der Waals surface area (Å²) in [6, 6.07) is 7.25. The Morgan fingerprint density at radius 3 is 2.70 bits per heavy atom. The van der Waals surface area contributed by atoms with E-state index in [2.05, 4.69) is 18.4 Å². The van der Waals surface area contributed by atoms with Gasteiger partial charge in [-0.05, 0) is 61.5 Å². The molecule has 0 aliphatic rings. The first-order chi connectivity index (χ1) is 9.65. The minimum absolute atomic E-state index is 0.137. The Bertz CT molecular complexity index is 567. The molecule has 0 spiro atoms. The van der Waals surface area contributed by atoms with Gasteiger partial charge >= 0.3 is 0 Å². The van der Waals surface area contributed by atoms with Crippen molar-refractivity contribution < 1.29 is 9.13 Å². The molecule has 2 rings (SSSR count). The molecule has 2 N–H and O–H groups in total. The van der Waals surface area contributed by atoms with Gasteiger partial charge in [0, 0.05) is 10.8 Å². The number of ether oxygens (including phenoxy) is 1. The molecular formula is C16H20FNOS. The van der Waals surface area contributed by atoms with Crippen molar-refractivity contribution in [3.05, 3.63) is 51.5 Å². The molecule has 0 bridgehead atoms. The third-order valence-electron chi connectivity index (χ3n) is 3.41. The molecular weight excluding hydrogens is 273 g/mol. The SMILES string of the molecule is CCOc1ccc(C(CN)Cc2sccc2C)cc1F. The lowest BCUT2D eigenvalue weighted by molar-refractivity contribution is 0.321. The highest BCUT2D eigenvalue weighted by Crippen LogP contribution is 2.28. The monoisotopic (exact) mass is 293 g/mol. The van der Waals surface area contributed by atoms with E-state index in [0.29, 0.717) is 18.9 Å². The van der Waals surface area contributed by atoms with Crippen LogP contribution in [0.4, 0.5) is 4.39 Å². The zero-order valence-corrected chi connectivity index (χ0v) is 12.7. The van der Waals surface area contributed by atoms with Gasteiger partial charge in [0.1, 0.15) is 0 Å². The second-order valence-corrected chi connectivity index (χ2v) is 5.79. The van der Waals surface area contributed by atoms with Gasteiger partial charge in [0.25, 0.3) is 0 Å². The Balaban J connectivity index is 2.19. The molecule has 20 heavy (non-hydrogen) atoms. The fourth-order valence-electron chi connectivity index (χ4n) is 2.22. The lowest BCUT2D eigenvalue weighted by atomic mass is 9.94. The summed E-state index contributed by atoms with van der Waals surface area (Å²) in [5.41, 5.74) is 8.08. The van der Waals surface area contributed by atoms with Crippen LogP contribution in [0.1, 0.15) is 28.8 Å². The minimum Gasteiger partial charge on any atom is -0.491 e. The molecule has 108 valence electrons. The molecule has 2 nitrogen and oxygen atoms in total. The molecule has 1 aromatic carbocycles. The second-order valence-electron chi connectivity index (χ2n) is 4.79. The average Bonchev–Trinajstić information content (AvgIpc) is 2.84. The van der Waals surface area contributed by atoms with Crippen molar-refractivity contribution in [1.29, 1.82) is 0 Å². The molecule has 1 heterocycles. The van der Waals surface area contributed by atoms with Gasteiger partial charge in [0.2, 0.25) is 0 Å². The minimum atomic E-state index is -0.314. The molecule has 0 saturated carbocycles. The van der Waals surface area contributed by atoms with E-state index in [4.69, 9.17) is 10.5 Å². The molecule has 1 aromatic heterocycles. The van der Waals surface area contributed by atoms with E-state index in [1.807, 2.05) is 13.0 Å². The van der Waals surface area contributed by atoms with Crippen molar-refractivity contribution in [2.24, 2.45) is 5.73 Å². The van der Waals surface area contributed by atoms with Crippen molar-refractivity contribution in [3.8, 4) is 5.75 Å². The summed E-state index contributed by atoms with van der Waals surface area (Å²) in [7, 11) is 0. The molecule has 4 heteroatoms. The van der Waals surface area contributed by atoms with Crippen LogP contribution in [-0.2, 0) is 6.42 Å². The zero-order chi connectivity index (χ0) is 14.5. The number of nitrogens with two attached hydrogens (primary N) is 1. The smallest absolute Gasteiger partial charge is 0.165 e. The predicted molar refractivity (Wildman–Crippen MR) is 82.1 cm³/mol. The van der Waals surface area contributed by atoms with Gasteiger partial charge < -0.3 is 10.5 Å². The van der Waals surface area contributed by atoms with Gasteiger partial charge in [-0.25, -0.2) is 4.39 Å². The number of thiophene rings is 1. The maximum absolute atomic E-state index is 13.9. The summed E-state index contributed by atoms with van der Waals surface area (Å²) in [6.45, 7) is 4.91. The van der Waals surface area contributed by atoms with Gasteiger partial charge in [-0.1, -0.05) is 6.07 Å². The van der Waals surface area contributed by atoms with Crippen LogP contribution in [0.25, 0.3) is 0 Å². The second kappa shape index (κ2) is 6.86. The molecule has 1 atom stereocenters. The van der Waals surface area contributed by atoms with Crippen LogP contribution < -0.4 is 10.5 Å². The van der Waals surface area contributed by atoms with Gasteiger partial charge in [0.15, 0.2) is 11.6 Å². The molecule has 0 radical (unpaired) electrons. The number of hydrogen-bond donors (Lipinski definition) is 1. The zero-order valence-electron chi connectivity index (χ0n) is 11.9. The van der Waals surface area contributed by atoms with Crippen molar-refractivity contribution >= 4 is 11.3 Å². The molecule has 2 aromatic rings. The molecule has 0 amide bonds.